The minimum Gasteiger partial charge on any atom is -0.497 e. The molecule has 1 unspecified atom stereocenters. The van der Waals surface area contributed by atoms with Crippen molar-refractivity contribution < 1.29 is 21.8 Å². The van der Waals surface area contributed by atoms with Crippen LogP contribution in [-0.4, -0.2) is 30.0 Å². The third-order valence-electron chi connectivity index (χ3n) is 4.35. The summed E-state index contributed by atoms with van der Waals surface area (Å²) in [5.74, 6) is 0.546. The first-order valence-electron chi connectivity index (χ1n) is 8.70. The van der Waals surface area contributed by atoms with Gasteiger partial charge in [0.1, 0.15) is 5.75 Å². The third kappa shape index (κ3) is 4.61. The summed E-state index contributed by atoms with van der Waals surface area (Å²) in [6.07, 6.45) is 0. The van der Waals surface area contributed by atoms with Crippen LogP contribution in [0.2, 0.25) is 0 Å². The summed E-state index contributed by atoms with van der Waals surface area (Å²) in [5, 5.41) is 0. The average Bonchev–Trinajstić information content (AvgIpc) is 2.67. The Balaban J connectivity index is 2.58. The lowest BCUT2D eigenvalue weighted by atomic mass is 9.94. The maximum absolute atomic E-state index is 15.7. The smallest absolute Gasteiger partial charge is 0.227 e. The highest BCUT2D eigenvalue weighted by Crippen LogP contribution is 2.35. The Hall–Kier alpha value is -1.77. The SMILES string of the molecule is COc1ccc([C@](C)(N[S@](=O)C(C)(C)C)C(F)S(=O)(=O)c2ccccc2)cc1. The van der Waals surface area contributed by atoms with Crippen molar-refractivity contribution in [3.05, 3.63) is 60.2 Å². The minimum absolute atomic E-state index is 0.134. The van der Waals surface area contributed by atoms with E-state index in [-0.39, 0.29) is 4.90 Å². The van der Waals surface area contributed by atoms with Crippen molar-refractivity contribution in [2.24, 2.45) is 0 Å². The lowest BCUT2D eigenvalue weighted by molar-refractivity contribution is 0.261. The summed E-state index contributed by atoms with van der Waals surface area (Å²) in [5.41, 5.74) is -3.78. The number of sulfone groups is 1. The fourth-order valence-corrected chi connectivity index (χ4v) is 5.14. The van der Waals surface area contributed by atoms with E-state index in [0.29, 0.717) is 11.3 Å². The molecule has 0 aliphatic carbocycles. The molecule has 0 aliphatic rings. The number of benzene rings is 2. The molecule has 28 heavy (non-hydrogen) atoms. The molecule has 5 nitrogen and oxygen atoms in total. The fourth-order valence-electron chi connectivity index (χ4n) is 2.56. The first-order chi connectivity index (χ1) is 12.9. The molecule has 2 rings (SSSR count). The molecule has 2 aromatic carbocycles. The van der Waals surface area contributed by atoms with Gasteiger partial charge in [-0.15, -0.1) is 0 Å². The number of methoxy groups -OCH3 is 1. The van der Waals surface area contributed by atoms with Gasteiger partial charge in [0, 0.05) is 0 Å². The second-order valence-corrected chi connectivity index (χ2v) is 11.5. The van der Waals surface area contributed by atoms with E-state index < -0.39 is 36.6 Å². The zero-order chi connectivity index (χ0) is 21.2. The summed E-state index contributed by atoms with van der Waals surface area (Å²) in [7, 11) is -4.56. The Morgan fingerprint density at radius 2 is 1.54 bits per heavy atom. The Labute approximate surface area is 168 Å². The Morgan fingerprint density at radius 3 is 2.00 bits per heavy atom. The first-order valence-corrected chi connectivity index (χ1v) is 11.4. The number of halogens is 1. The summed E-state index contributed by atoms with van der Waals surface area (Å²) >= 11 is 0. The van der Waals surface area contributed by atoms with Crippen molar-refractivity contribution in [2.75, 3.05) is 7.11 Å². The lowest BCUT2D eigenvalue weighted by Gasteiger charge is -2.36. The van der Waals surface area contributed by atoms with E-state index in [9.17, 15) is 12.6 Å². The van der Waals surface area contributed by atoms with Crippen LogP contribution in [0.1, 0.15) is 33.3 Å². The molecule has 0 saturated heterocycles. The monoisotopic (exact) mass is 427 g/mol. The molecule has 2 aromatic rings. The van der Waals surface area contributed by atoms with Crippen LogP contribution < -0.4 is 9.46 Å². The van der Waals surface area contributed by atoms with Gasteiger partial charge in [0.2, 0.25) is 15.3 Å². The average molecular weight is 428 g/mol. The third-order valence-corrected chi connectivity index (χ3v) is 8.02. The minimum atomic E-state index is -4.35. The Morgan fingerprint density at radius 1 is 1.00 bits per heavy atom. The normalized spacial score (nSPS) is 16.8. The first kappa shape index (κ1) is 22.5. The van der Waals surface area contributed by atoms with Crippen molar-refractivity contribution in [1.29, 1.82) is 0 Å². The molecule has 0 aliphatic heterocycles. The molecule has 0 spiro atoms. The van der Waals surface area contributed by atoms with Crippen molar-refractivity contribution >= 4 is 20.8 Å². The molecule has 154 valence electrons. The quantitative estimate of drug-likeness (QED) is 0.731. The van der Waals surface area contributed by atoms with Gasteiger partial charge in [-0.1, -0.05) is 30.3 Å². The van der Waals surface area contributed by atoms with E-state index >= 15 is 4.39 Å². The van der Waals surface area contributed by atoms with Crippen molar-refractivity contribution in [3.8, 4) is 5.75 Å². The number of alkyl halides is 1. The lowest BCUT2D eigenvalue weighted by Crippen LogP contribution is -2.54. The highest BCUT2D eigenvalue weighted by molar-refractivity contribution is 7.92. The Kier molecular flexibility index (Phi) is 6.68. The van der Waals surface area contributed by atoms with E-state index in [2.05, 4.69) is 4.72 Å². The summed E-state index contributed by atoms with van der Waals surface area (Å²) < 4.78 is 61.6. The largest absolute Gasteiger partial charge is 0.497 e. The van der Waals surface area contributed by atoms with Gasteiger partial charge in [-0.25, -0.2) is 21.7 Å². The highest BCUT2D eigenvalue weighted by Gasteiger charge is 2.47. The molecule has 0 fully saturated rings. The molecule has 0 heterocycles. The van der Waals surface area contributed by atoms with Gasteiger partial charge in [0.05, 0.1) is 33.3 Å². The zero-order valence-electron chi connectivity index (χ0n) is 16.6. The predicted octanol–water partition coefficient (Wildman–Crippen LogP) is 3.73. The number of rotatable bonds is 7. The number of hydrogen-bond acceptors (Lipinski definition) is 4. The number of ether oxygens (including phenoxy) is 1. The highest BCUT2D eigenvalue weighted by atomic mass is 32.2. The van der Waals surface area contributed by atoms with Gasteiger partial charge in [-0.3, -0.25) is 0 Å². The molecule has 0 radical (unpaired) electrons. The van der Waals surface area contributed by atoms with Crippen LogP contribution in [0.5, 0.6) is 5.75 Å². The van der Waals surface area contributed by atoms with Crippen LogP contribution in [0.3, 0.4) is 0 Å². The van der Waals surface area contributed by atoms with Crippen LogP contribution in [-0.2, 0) is 26.4 Å². The molecule has 0 bridgehead atoms. The van der Waals surface area contributed by atoms with Crippen LogP contribution in [0.25, 0.3) is 0 Å². The molecule has 0 saturated carbocycles. The molecular formula is C20H26FNO4S2. The van der Waals surface area contributed by atoms with Gasteiger partial charge >= 0.3 is 0 Å². The van der Waals surface area contributed by atoms with E-state index in [4.69, 9.17) is 4.74 Å². The molecule has 3 atom stereocenters. The number of hydrogen-bond donors (Lipinski definition) is 1. The summed E-state index contributed by atoms with van der Waals surface area (Å²) in [4.78, 5) is -0.134. The Bertz CT molecular complexity index is 925. The van der Waals surface area contributed by atoms with Crippen LogP contribution in [0, 0.1) is 0 Å². The topological polar surface area (TPSA) is 72.5 Å². The van der Waals surface area contributed by atoms with Crippen molar-refractivity contribution in [2.45, 2.75) is 48.4 Å². The maximum atomic E-state index is 15.7. The van der Waals surface area contributed by atoms with Gasteiger partial charge in [0.15, 0.2) is 0 Å². The maximum Gasteiger partial charge on any atom is 0.227 e. The van der Waals surface area contributed by atoms with Crippen molar-refractivity contribution in [3.63, 3.8) is 0 Å². The molecule has 0 aromatic heterocycles. The van der Waals surface area contributed by atoms with E-state index in [0.717, 1.165) is 0 Å². The van der Waals surface area contributed by atoms with E-state index in [1.807, 2.05) is 0 Å². The van der Waals surface area contributed by atoms with E-state index in [1.54, 1.807) is 51.1 Å². The molecule has 0 amide bonds. The van der Waals surface area contributed by atoms with E-state index in [1.165, 1.54) is 38.3 Å². The van der Waals surface area contributed by atoms with Crippen LogP contribution in [0.15, 0.2) is 59.5 Å². The predicted molar refractivity (Wildman–Crippen MR) is 110 cm³/mol. The standard InChI is InChI=1S/C20H26FNO4S2/c1-19(2,3)27(23)22-20(4,15-11-13-16(26-5)14-12-15)18(21)28(24,25)17-9-7-6-8-10-17/h6-14,18,22H,1-5H3/t18?,20-,27+/m0/s1. The molecular weight excluding hydrogens is 401 g/mol. The number of nitrogens with one attached hydrogen (secondary N) is 1. The summed E-state index contributed by atoms with van der Waals surface area (Å²) in [6, 6.07) is 13.8. The molecule has 8 heteroatoms. The fraction of sp³-hybridized carbons (Fsp3) is 0.400. The van der Waals surface area contributed by atoms with Gasteiger partial charge < -0.3 is 4.74 Å². The van der Waals surface area contributed by atoms with Gasteiger partial charge in [-0.05, 0) is 57.5 Å². The van der Waals surface area contributed by atoms with Gasteiger partial charge in [-0.2, -0.15) is 0 Å². The second-order valence-electron chi connectivity index (χ2n) is 7.59. The van der Waals surface area contributed by atoms with Crippen LogP contribution in [0.4, 0.5) is 4.39 Å². The van der Waals surface area contributed by atoms with Crippen LogP contribution >= 0.6 is 0 Å². The summed E-state index contributed by atoms with van der Waals surface area (Å²) in [6.45, 7) is 6.58. The molecule has 1 N–H and O–H groups in total. The second kappa shape index (κ2) is 8.31. The van der Waals surface area contributed by atoms with Crippen molar-refractivity contribution in [1.82, 2.24) is 4.72 Å². The zero-order valence-corrected chi connectivity index (χ0v) is 18.2. The van der Waals surface area contributed by atoms with Gasteiger partial charge in [0.25, 0.3) is 0 Å².